The molecule has 4 heterocycles. The van der Waals surface area contributed by atoms with Crippen molar-refractivity contribution < 1.29 is 4.79 Å². The summed E-state index contributed by atoms with van der Waals surface area (Å²) in [6.45, 7) is 0.326. The Morgan fingerprint density at radius 1 is 0.938 bits per heavy atom. The maximum atomic E-state index is 12.7. The molecule has 4 aromatic heterocycles. The van der Waals surface area contributed by atoms with Crippen molar-refractivity contribution in [1.82, 2.24) is 34.6 Å². The van der Waals surface area contributed by atoms with Gasteiger partial charge in [-0.2, -0.15) is 5.10 Å². The van der Waals surface area contributed by atoms with Gasteiger partial charge < -0.3 is 5.32 Å². The summed E-state index contributed by atoms with van der Waals surface area (Å²) in [5.74, 6) is 0.492. The first-order valence-corrected chi connectivity index (χ1v) is 10.0. The van der Waals surface area contributed by atoms with E-state index in [2.05, 4.69) is 20.3 Å². The van der Waals surface area contributed by atoms with Gasteiger partial charge in [0.15, 0.2) is 0 Å². The summed E-state index contributed by atoms with van der Waals surface area (Å²) < 4.78 is 3.60. The number of aromatic nitrogens is 6. The van der Waals surface area contributed by atoms with E-state index in [0.717, 1.165) is 22.5 Å². The summed E-state index contributed by atoms with van der Waals surface area (Å²) in [6, 6.07) is 17.2. The van der Waals surface area contributed by atoms with Gasteiger partial charge in [0, 0.05) is 54.9 Å². The SMILES string of the molecule is O=C(NCc1cn(-c2ccccc2)nc1-c1ccncc1)c1ccc(-n2ccnc2)nc1. The second kappa shape index (κ2) is 8.65. The highest BCUT2D eigenvalue weighted by molar-refractivity contribution is 5.94. The van der Waals surface area contributed by atoms with E-state index in [0.29, 0.717) is 17.9 Å². The van der Waals surface area contributed by atoms with Gasteiger partial charge in [0.2, 0.25) is 0 Å². The van der Waals surface area contributed by atoms with Gasteiger partial charge in [0.05, 0.1) is 16.9 Å². The van der Waals surface area contributed by atoms with Crippen LogP contribution in [0, 0.1) is 0 Å². The quantitative estimate of drug-likeness (QED) is 0.454. The smallest absolute Gasteiger partial charge is 0.253 e. The molecule has 0 aliphatic heterocycles. The van der Waals surface area contributed by atoms with E-state index in [9.17, 15) is 4.79 Å². The summed E-state index contributed by atoms with van der Waals surface area (Å²) in [7, 11) is 0. The average molecular weight is 421 g/mol. The number of para-hydroxylation sites is 1. The number of carbonyl (C=O) groups excluding carboxylic acids is 1. The summed E-state index contributed by atoms with van der Waals surface area (Å²) in [4.78, 5) is 25.2. The van der Waals surface area contributed by atoms with Crippen molar-refractivity contribution in [2.75, 3.05) is 0 Å². The zero-order valence-corrected chi connectivity index (χ0v) is 17.0. The molecule has 0 fully saturated rings. The predicted octanol–water partition coefficient (Wildman–Crippen LogP) is 3.45. The number of nitrogens with one attached hydrogen (secondary N) is 1. The molecule has 0 saturated carbocycles. The molecule has 0 bridgehead atoms. The van der Waals surface area contributed by atoms with Crippen LogP contribution in [0.1, 0.15) is 15.9 Å². The third-order valence-electron chi connectivity index (χ3n) is 4.98. The van der Waals surface area contributed by atoms with Crippen LogP contribution >= 0.6 is 0 Å². The van der Waals surface area contributed by atoms with Crippen molar-refractivity contribution in [3.8, 4) is 22.8 Å². The van der Waals surface area contributed by atoms with Gasteiger partial charge in [-0.15, -0.1) is 0 Å². The number of amides is 1. The van der Waals surface area contributed by atoms with E-state index in [1.165, 1.54) is 0 Å². The van der Waals surface area contributed by atoms with Crippen LogP contribution in [0.3, 0.4) is 0 Å². The zero-order valence-electron chi connectivity index (χ0n) is 17.0. The van der Waals surface area contributed by atoms with E-state index in [-0.39, 0.29) is 5.91 Å². The largest absolute Gasteiger partial charge is 0.348 e. The number of hydrogen-bond donors (Lipinski definition) is 1. The molecule has 0 aliphatic carbocycles. The Hall–Kier alpha value is -4.59. The number of benzene rings is 1. The molecule has 1 aromatic carbocycles. The Labute approximate surface area is 184 Å². The van der Waals surface area contributed by atoms with Crippen molar-refractivity contribution in [3.05, 3.63) is 109 Å². The molecule has 8 heteroatoms. The van der Waals surface area contributed by atoms with Crippen LogP contribution in [0.5, 0.6) is 0 Å². The predicted molar refractivity (Wildman–Crippen MR) is 119 cm³/mol. The number of hydrogen-bond acceptors (Lipinski definition) is 5. The summed E-state index contributed by atoms with van der Waals surface area (Å²) >= 11 is 0. The average Bonchev–Trinajstić information content (AvgIpc) is 3.54. The van der Waals surface area contributed by atoms with Crippen LogP contribution in [0.15, 0.2) is 98.1 Å². The summed E-state index contributed by atoms with van der Waals surface area (Å²) in [5, 5.41) is 7.74. The molecule has 0 unspecified atom stereocenters. The van der Waals surface area contributed by atoms with Crippen molar-refractivity contribution in [2.45, 2.75) is 6.54 Å². The van der Waals surface area contributed by atoms with Gasteiger partial charge in [0.25, 0.3) is 5.91 Å². The minimum atomic E-state index is -0.206. The lowest BCUT2D eigenvalue weighted by Crippen LogP contribution is -2.23. The molecule has 0 atom stereocenters. The third kappa shape index (κ3) is 4.01. The van der Waals surface area contributed by atoms with Crippen LogP contribution in [-0.4, -0.2) is 35.2 Å². The fraction of sp³-hybridized carbons (Fsp3) is 0.0417. The molecule has 156 valence electrons. The van der Waals surface area contributed by atoms with E-state index in [4.69, 9.17) is 5.10 Å². The normalized spacial score (nSPS) is 10.8. The number of nitrogens with zero attached hydrogens (tertiary/aromatic N) is 6. The molecule has 0 spiro atoms. The maximum Gasteiger partial charge on any atom is 0.253 e. The zero-order chi connectivity index (χ0) is 21.8. The van der Waals surface area contributed by atoms with Crippen molar-refractivity contribution in [3.63, 3.8) is 0 Å². The van der Waals surface area contributed by atoms with Crippen molar-refractivity contribution in [1.29, 1.82) is 0 Å². The Balaban J connectivity index is 1.37. The maximum absolute atomic E-state index is 12.7. The van der Waals surface area contributed by atoms with Crippen molar-refractivity contribution >= 4 is 5.91 Å². The summed E-state index contributed by atoms with van der Waals surface area (Å²) in [6.07, 6.45) is 12.1. The molecular weight excluding hydrogens is 402 g/mol. The standard InChI is InChI=1S/C24H19N7O/c32-24(19-6-7-22(27-14-19)30-13-12-26-17-30)28-15-20-16-31(21-4-2-1-3-5-21)29-23(20)18-8-10-25-11-9-18/h1-14,16-17H,15H2,(H,28,32). The Bertz CT molecular complexity index is 1310. The molecule has 0 saturated heterocycles. The summed E-state index contributed by atoms with van der Waals surface area (Å²) in [5.41, 5.74) is 4.06. The third-order valence-corrected chi connectivity index (χ3v) is 4.98. The van der Waals surface area contributed by atoms with Crippen LogP contribution in [0.4, 0.5) is 0 Å². The molecule has 1 amide bonds. The Kier molecular flexibility index (Phi) is 5.24. The number of carbonyl (C=O) groups is 1. The lowest BCUT2D eigenvalue weighted by molar-refractivity contribution is 0.0950. The van der Waals surface area contributed by atoms with E-state index < -0.39 is 0 Å². The van der Waals surface area contributed by atoms with Crippen LogP contribution in [-0.2, 0) is 6.54 Å². The second-order valence-corrected chi connectivity index (χ2v) is 7.08. The number of rotatable bonds is 6. The molecule has 0 aliphatic rings. The first-order chi connectivity index (χ1) is 15.8. The second-order valence-electron chi connectivity index (χ2n) is 7.08. The number of pyridine rings is 2. The van der Waals surface area contributed by atoms with Gasteiger partial charge in [-0.25, -0.2) is 14.6 Å². The van der Waals surface area contributed by atoms with Crippen LogP contribution in [0.25, 0.3) is 22.8 Å². The molecular formula is C24H19N7O. The Morgan fingerprint density at radius 3 is 2.50 bits per heavy atom. The lowest BCUT2D eigenvalue weighted by atomic mass is 10.1. The van der Waals surface area contributed by atoms with Gasteiger partial charge in [-0.3, -0.25) is 14.3 Å². The van der Waals surface area contributed by atoms with E-state index in [1.54, 1.807) is 54.0 Å². The highest BCUT2D eigenvalue weighted by atomic mass is 16.1. The van der Waals surface area contributed by atoms with Crippen LogP contribution in [0.2, 0.25) is 0 Å². The highest BCUT2D eigenvalue weighted by Gasteiger charge is 2.14. The van der Waals surface area contributed by atoms with Crippen LogP contribution < -0.4 is 5.32 Å². The first-order valence-electron chi connectivity index (χ1n) is 10.0. The number of imidazole rings is 1. The fourth-order valence-electron chi connectivity index (χ4n) is 3.35. The van der Waals surface area contributed by atoms with Crippen molar-refractivity contribution in [2.24, 2.45) is 0 Å². The molecule has 5 aromatic rings. The Morgan fingerprint density at radius 2 is 1.78 bits per heavy atom. The minimum Gasteiger partial charge on any atom is -0.348 e. The lowest BCUT2D eigenvalue weighted by Gasteiger charge is -2.07. The molecule has 8 nitrogen and oxygen atoms in total. The minimum absolute atomic E-state index is 0.206. The first kappa shape index (κ1) is 19.4. The van der Waals surface area contributed by atoms with Gasteiger partial charge in [-0.05, 0) is 36.4 Å². The fourth-order valence-corrected chi connectivity index (χ4v) is 3.35. The monoisotopic (exact) mass is 421 g/mol. The van der Waals surface area contributed by atoms with E-state index in [1.807, 2.05) is 53.3 Å². The molecule has 1 N–H and O–H groups in total. The molecule has 0 radical (unpaired) electrons. The molecule has 32 heavy (non-hydrogen) atoms. The highest BCUT2D eigenvalue weighted by Crippen LogP contribution is 2.23. The van der Waals surface area contributed by atoms with Gasteiger partial charge in [-0.1, -0.05) is 18.2 Å². The van der Waals surface area contributed by atoms with Gasteiger partial charge in [0.1, 0.15) is 12.1 Å². The topological polar surface area (TPSA) is 90.5 Å². The molecule has 5 rings (SSSR count). The van der Waals surface area contributed by atoms with Gasteiger partial charge >= 0.3 is 0 Å². The van der Waals surface area contributed by atoms with E-state index >= 15 is 0 Å².